The van der Waals surface area contributed by atoms with Gasteiger partial charge in [0.05, 0.1) is 0 Å². The van der Waals surface area contributed by atoms with Crippen LogP contribution in [-0.4, -0.2) is 42.3 Å². The number of anilines is 1. The molecule has 0 aromatic heterocycles. The molecule has 3 amide bonds. The van der Waals surface area contributed by atoms with Crippen molar-refractivity contribution in [2.75, 3.05) is 18.9 Å². The summed E-state index contributed by atoms with van der Waals surface area (Å²) in [5.74, 6) is 2.29. The van der Waals surface area contributed by atoms with Crippen molar-refractivity contribution in [3.05, 3.63) is 29.8 Å². The Labute approximate surface area is 203 Å². The minimum atomic E-state index is -0.168. The van der Waals surface area contributed by atoms with Gasteiger partial charge in [-0.25, -0.2) is 0 Å². The molecule has 4 bridgehead atoms. The number of hydrogen-bond donors (Lipinski definition) is 2. The Bertz CT molecular complexity index is 884. The van der Waals surface area contributed by atoms with Gasteiger partial charge in [0.1, 0.15) is 0 Å². The van der Waals surface area contributed by atoms with Gasteiger partial charge in [-0.15, -0.1) is 0 Å². The Kier molecular flexibility index (Phi) is 6.67. The Morgan fingerprint density at radius 3 is 2.09 bits per heavy atom. The van der Waals surface area contributed by atoms with Crippen LogP contribution in [-0.2, 0) is 9.59 Å². The lowest BCUT2D eigenvalue weighted by Crippen LogP contribution is -2.53. The summed E-state index contributed by atoms with van der Waals surface area (Å²) < 4.78 is 0. The fourth-order valence-corrected chi connectivity index (χ4v) is 7.62. The van der Waals surface area contributed by atoms with Gasteiger partial charge < -0.3 is 15.5 Å². The van der Waals surface area contributed by atoms with E-state index >= 15 is 0 Å². The second-order valence-electron chi connectivity index (χ2n) is 11.5. The van der Waals surface area contributed by atoms with Crippen LogP contribution in [0.3, 0.4) is 0 Å². The number of rotatable bonds is 7. The van der Waals surface area contributed by atoms with Gasteiger partial charge in [-0.3, -0.25) is 14.4 Å². The van der Waals surface area contributed by atoms with Crippen LogP contribution in [0.2, 0.25) is 0 Å². The fourth-order valence-electron chi connectivity index (χ4n) is 7.62. The summed E-state index contributed by atoms with van der Waals surface area (Å²) in [5.41, 5.74) is 1.15. The molecule has 5 saturated carbocycles. The van der Waals surface area contributed by atoms with E-state index in [-0.39, 0.29) is 29.6 Å². The molecule has 5 fully saturated rings. The van der Waals surface area contributed by atoms with Crippen LogP contribution in [0.1, 0.15) is 87.4 Å². The van der Waals surface area contributed by atoms with E-state index in [9.17, 15) is 14.4 Å². The summed E-state index contributed by atoms with van der Waals surface area (Å²) in [6, 6.07) is 7.47. The first-order valence-electron chi connectivity index (χ1n) is 13.4. The number of nitrogens with zero attached hydrogens (tertiary/aromatic N) is 1. The van der Waals surface area contributed by atoms with Crippen LogP contribution in [0, 0.1) is 23.2 Å². The van der Waals surface area contributed by atoms with Gasteiger partial charge in [-0.1, -0.05) is 19.3 Å². The molecule has 0 heterocycles. The third-order valence-electron chi connectivity index (χ3n) is 9.02. The van der Waals surface area contributed by atoms with Crippen molar-refractivity contribution in [3.63, 3.8) is 0 Å². The van der Waals surface area contributed by atoms with Crippen molar-refractivity contribution in [2.24, 2.45) is 23.2 Å². The molecule has 6 nitrogen and oxygen atoms in total. The van der Waals surface area contributed by atoms with E-state index in [1.165, 1.54) is 38.5 Å². The molecule has 34 heavy (non-hydrogen) atoms. The predicted molar refractivity (Wildman–Crippen MR) is 132 cm³/mol. The van der Waals surface area contributed by atoms with Gasteiger partial charge in [-0.05, 0) is 93.4 Å². The normalized spacial score (nSPS) is 30.1. The number of carbonyl (C=O) groups excluding carboxylic acids is 3. The minimum Gasteiger partial charge on any atom is -0.355 e. The lowest BCUT2D eigenvalue weighted by molar-refractivity contribution is -0.146. The maximum absolute atomic E-state index is 13.0. The number of hydrogen-bond acceptors (Lipinski definition) is 3. The fraction of sp³-hybridized carbons (Fsp3) is 0.679. The second-order valence-corrected chi connectivity index (χ2v) is 11.5. The first kappa shape index (κ1) is 23.4. The van der Waals surface area contributed by atoms with Crippen LogP contribution in [0.15, 0.2) is 24.3 Å². The molecule has 0 saturated heterocycles. The van der Waals surface area contributed by atoms with Crippen molar-refractivity contribution in [1.29, 1.82) is 0 Å². The van der Waals surface area contributed by atoms with Gasteiger partial charge in [0, 0.05) is 42.7 Å². The maximum Gasteiger partial charge on any atom is 0.253 e. The van der Waals surface area contributed by atoms with E-state index in [1.807, 2.05) is 11.9 Å². The highest BCUT2D eigenvalue weighted by Crippen LogP contribution is 2.60. The van der Waals surface area contributed by atoms with E-state index in [1.54, 1.807) is 24.3 Å². The van der Waals surface area contributed by atoms with Crippen LogP contribution in [0.25, 0.3) is 0 Å². The Hall–Kier alpha value is -2.37. The number of nitrogens with one attached hydrogen (secondary N) is 2. The summed E-state index contributed by atoms with van der Waals surface area (Å²) >= 11 is 0. The number of amides is 3. The number of carbonyl (C=O) groups is 3. The monoisotopic (exact) mass is 465 g/mol. The highest BCUT2D eigenvalue weighted by molar-refractivity contribution is 5.96. The molecule has 2 N–H and O–H groups in total. The van der Waals surface area contributed by atoms with Crippen molar-refractivity contribution >= 4 is 23.4 Å². The molecular weight excluding hydrogens is 426 g/mol. The molecule has 0 atom stereocenters. The van der Waals surface area contributed by atoms with E-state index in [2.05, 4.69) is 10.6 Å². The van der Waals surface area contributed by atoms with Crippen molar-refractivity contribution < 1.29 is 14.4 Å². The summed E-state index contributed by atoms with van der Waals surface area (Å²) in [4.78, 5) is 40.2. The van der Waals surface area contributed by atoms with Gasteiger partial charge >= 0.3 is 0 Å². The Morgan fingerprint density at radius 2 is 1.50 bits per heavy atom. The summed E-state index contributed by atoms with van der Waals surface area (Å²) in [6.45, 7) is 0.370. The van der Waals surface area contributed by atoms with Crippen LogP contribution >= 0.6 is 0 Å². The summed E-state index contributed by atoms with van der Waals surface area (Å²) in [5, 5.41) is 5.97. The lowest BCUT2D eigenvalue weighted by atomic mass is 9.49. The molecule has 5 aliphatic carbocycles. The number of benzene rings is 1. The molecule has 5 aliphatic rings. The molecule has 0 unspecified atom stereocenters. The maximum atomic E-state index is 13.0. The highest BCUT2D eigenvalue weighted by Gasteiger charge is 2.54. The molecule has 0 radical (unpaired) electrons. The van der Waals surface area contributed by atoms with Crippen molar-refractivity contribution in [3.8, 4) is 0 Å². The predicted octanol–water partition coefficient (Wildman–Crippen LogP) is 4.75. The van der Waals surface area contributed by atoms with Crippen molar-refractivity contribution in [1.82, 2.24) is 10.2 Å². The summed E-state index contributed by atoms with van der Waals surface area (Å²) in [6.07, 6.45) is 13.1. The van der Waals surface area contributed by atoms with E-state index in [0.29, 0.717) is 23.8 Å². The smallest absolute Gasteiger partial charge is 0.253 e. The van der Waals surface area contributed by atoms with Crippen LogP contribution in [0.4, 0.5) is 5.69 Å². The SMILES string of the molecule is CN(C(=O)c1ccc(NC(=O)CCNC(=O)C23CC4CC(CC(C4)C2)C3)cc1)C1CCCCC1. The third-order valence-corrected chi connectivity index (χ3v) is 9.02. The zero-order valence-electron chi connectivity index (χ0n) is 20.5. The Balaban J connectivity index is 1.07. The molecule has 1 aromatic carbocycles. The lowest BCUT2D eigenvalue weighted by Gasteiger charge is -2.55. The van der Waals surface area contributed by atoms with E-state index in [0.717, 1.165) is 49.9 Å². The van der Waals surface area contributed by atoms with Gasteiger partial charge in [0.15, 0.2) is 0 Å². The molecule has 6 heteroatoms. The van der Waals surface area contributed by atoms with Gasteiger partial charge in [0.25, 0.3) is 5.91 Å². The highest BCUT2D eigenvalue weighted by atomic mass is 16.2. The summed E-state index contributed by atoms with van der Waals surface area (Å²) in [7, 11) is 1.89. The third kappa shape index (κ3) is 4.87. The van der Waals surface area contributed by atoms with Crippen molar-refractivity contribution in [2.45, 2.75) is 83.1 Å². The van der Waals surface area contributed by atoms with E-state index < -0.39 is 0 Å². The second kappa shape index (κ2) is 9.71. The first-order valence-corrected chi connectivity index (χ1v) is 13.4. The quantitative estimate of drug-likeness (QED) is 0.610. The standard InChI is InChI=1S/C28H39N3O3/c1-31(24-5-3-2-4-6-24)26(33)22-7-9-23(10-8-22)30-25(32)11-12-29-27(34)28-16-19-13-20(17-28)15-21(14-19)18-28/h7-10,19-21,24H,2-6,11-18H2,1H3,(H,29,34)(H,30,32). The average molecular weight is 466 g/mol. The van der Waals surface area contributed by atoms with E-state index in [4.69, 9.17) is 0 Å². The molecule has 1 aromatic rings. The first-order chi connectivity index (χ1) is 16.4. The van der Waals surface area contributed by atoms with Gasteiger partial charge in [0.2, 0.25) is 11.8 Å². The zero-order valence-corrected chi connectivity index (χ0v) is 20.5. The van der Waals surface area contributed by atoms with Crippen LogP contribution in [0.5, 0.6) is 0 Å². The Morgan fingerprint density at radius 1 is 0.912 bits per heavy atom. The van der Waals surface area contributed by atoms with Gasteiger partial charge in [-0.2, -0.15) is 0 Å². The molecule has 184 valence electrons. The molecule has 0 aliphatic heterocycles. The van der Waals surface area contributed by atoms with Crippen LogP contribution < -0.4 is 10.6 Å². The molecule has 6 rings (SSSR count). The zero-order chi connectivity index (χ0) is 23.7. The largest absolute Gasteiger partial charge is 0.355 e. The molecular formula is C28H39N3O3. The topological polar surface area (TPSA) is 78.5 Å². The average Bonchev–Trinajstić information content (AvgIpc) is 2.83. The molecule has 0 spiro atoms. The minimum absolute atomic E-state index is 0.0390.